The van der Waals surface area contributed by atoms with Gasteiger partial charge in [0.15, 0.2) is 0 Å². The van der Waals surface area contributed by atoms with Crippen LogP contribution in [0.5, 0.6) is 5.75 Å². The number of benzene rings is 1. The predicted octanol–water partition coefficient (Wildman–Crippen LogP) is 5.64. The smallest absolute Gasteiger partial charge is 0.115 e. The Morgan fingerprint density at radius 1 is 0.947 bits per heavy atom. The molecule has 1 aromatic rings. The fourth-order valence-electron chi connectivity index (χ4n) is 3.39. The van der Waals surface area contributed by atoms with Crippen LogP contribution in [0, 0.1) is 5.92 Å². The molecule has 0 radical (unpaired) electrons. The van der Waals surface area contributed by atoms with E-state index < -0.39 is 0 Å². The van der Waals surface area contributed by atoms with Crippen LogP contribution in [0.1, 0.15) is 76.2 Å². The van der Waals surface area contributed by atoms with Crippen LogP contribution in [0.3, 0.4) is 0 Å². The van der Waals surface area contributed by atoms with Crippen molar-refractivity contribution in [3.05, 3.63) is 29.8 Å². The van der Waals surface area contributed by atoms with E-state index in [1.807, 2.05) is 12.1 Å². The maximum atomic E-state index is 9.34. The monoisotopic (exact) mass is 260 g/mol. The number of hydrogen-bond acceptors (Lipinski definition) is 1. The van der Waals surface area contributed by atoms with Gasteiger partial charge in [-0.2, -0.15) is 0 Å². The minimum absolute atomic E-state index is 0.383. The molecule has 0 amide bonds. The fourth-order valence-corrected chi connectivity index (χ4v) is 3.39. The standard InChI is InChI=1S/C18H28O/c1-2-3-4-5-6-15-7-9-16(10-8-15)17-11-13-18(19)14-12-17/h11-16,19H,2-10H2,1H3. The van der Waals surface area contributed by atoms with E-state index >= 15 is 0 Å². The lowest BCUT2D eigenvalue weighted by Crippen LogP contribution is -2.13. The molecule has 1 nitrogen and oxygen atoms in total. The Labute approximate surface area is 118 Å². The molecule has 0 unspecified atom stereocenters. The molecular formula is C18H28O. The van der Waals surface area contributed by atoms with Crippen molar-refractivity contribution in [1.82, 2.24) is 0 Å². The molecule has 1 aliphatic carbocycles. The molecule has 1 fully saturated rings. The van der Waals surface area contributed by atoms with Crippen molar-refractivity contribution in [3.8, 4) is 5.75 Å². The van der Waals surface area contributed by atoms with Gasteiger partial charge in [-0.3, -0.25) is 0 Å². The molecule has 0 spiro atoms. The molecule has 106 valence electrons. The van der Waals surface area contributed by atoms with Crippen LogP contribution in [0.15, 0.2) is 24.3 Å². The first kappa shape index (κ1) is 14.4. The Kier molecular flexibility index (Phi) is 5.75. The molecule has 1 N–H and O–H groups in total. The molecule has 19 heavy (non-hydrogen) atoms. The summed E-state index contributed by atoms with van der Waals surface area (Å²) in [5.74, 6) is 2.09. The molecule has 0 aliphatic heterocycles. The van der Waals surface area contributed by atoms with Crippen LogP contribution in [0.25, 0.3) is 0 Å². The summed E-state index contributed by atoms with van der Waals surface area (Å²) in [7, 11) is 0. The van der Waals surface area contributed by atoms with Crippen molar-refractivity contribution in [1.29, 1.82) is 0 Å². The lowest BCUT2D eigenvalue weighted by molar-refractivity contribution is 0.302. The zero-order chi connectivity index (χ0) is 13.5. The third kappa shape index (κ3) is 4.56. The van der Waals surface area contributed by atoms with Gasteiger partial charge in [-0.15, -0.1) is 0 Å². The zero-order valence-electron chi connectivity index (χ0n) is 12.3. The molecule has 0 heterocycles. The summed E-state index contributed by atoms with van der Waals surface area (Å²) < 4.78 is 0. The van der Waals surface area contributed by atoms with E-state index in [2.05, 4.69) is 19.1 Å². The Balaban J connectivity index is 1.71. The Hall–Kier alpha value is -0.980. The molecule has 0 bridgehead atoms. The van der Waals surface area contributed by atoms with Crippen LogP contribution in [0.4, 0.5) is 0 Å². The molecule has 0 atom stereocenters. The van der Waals surface area contributed by atoms with Crippen molar-refractivity contribution in [2.45, 2.75) is 70.6 Å². The second kappa shape index (κ2) is 7.57. The van der Waals surface area contributed by atoms with Gasteiger partial charge < -0.3 is 5.11 Å². The molecule has 1 aliphatic rings. The minimum Gasteiger partial charge on any atom is -0.508 e. The first-order valence-corrected chi connectivity index (χ1v) is 8.08. The van der Waals surface area contributed by atoms with Gasteiger partial charge in [0.1, 0.15) is 5.75 Å². The van der Waals surface area contributed by atoms with Gasteiger partial charge in [0.05, 0.1) is 0 Å². The summed E-state index contributed by atoms with van der Waals surface area (Å²) in [6, 6.07) is 7.85. The summed E-state index contributed by atoms with van der Waals surface area (Å²) in [4.78, 5) is 0. The minimum atomic E-state index is 0.383. The normalized spacial score (nSPS) is 23.4. The fraction of sp³-hybridized carbons (Fsp3) is 0.667. The van der Waals surface area contributed by atoms with Gasteiger partial charge in [-0.05, 0) is 55.2 Å². The van der Waals surface area contributed by atoms with E-state index in [0.717, 1.165) is 11.8 Å². The largest absolute Gasteiger partial charge is 0.508 e. The van der Waals surface area contributed by atoms with E-state index in [1.165, 1.54) is 63.4 Å². The second-order valence-corrected chi connectivity index (χ2v) is 6.16. The molecule has 1 aromatic carbocycles. The Morgan fingerprint density at radius 3 is 2.26 bits per heavy atom. The number of hydrogen-bond donors (Lipinski definition) is 1. The first-order valence-electron chi connectivity index (χ1n) is 8.08. The van der Waals surface area contributed by atoms with Gasteiger partial charge in [-0.1, -0.05) is 51.2 Å². The van der Waals surface area contributed by atoms with E-state index in [9.17, 15) is 5.11 Å². The number of rotatable bonds is 6. The Morgan fingerprint density at radius 2 is 1.63 bits per heavy atom. The first-order chi connectivity index (χ1) is 9.29. The second-order valence-electron chi connectivity index (χ2n) is 6.16. The molecule has 1 heteroatoms. The van der Waals surface area contributed by atoms with Gasteiger partial charge in [0.2, 0.25) is 0 Å². The molecule has 0 aromatic heterocycles. The topological polar surface area (TPSA) is 20.2 Å². The molecule has 2 rings (SSSR count). The maximum absolute atomic E-state index is 9.34. The summed E-state index contributed by atoms with van der Waals surface area (Å²) >= 11 is 0. The molecular weight excluding hydrogens is 232 g/mol. The van der Waals surface area contributed by atoms with Crippen LogP contribution in [0.2, 0.25) is 0 Å². The van der Waals surface area contributed by atoms with E-state index in [1.54, 1.807) is 0 Å². The van der Waals surface area contributed by atoms with Crippen molar-refractivity contribution in [3.63, 3.8) is 0 Å². The zero-order valence-corrected chi connectivity index (χ0v) is 12.3. The van der Waals surface area contributed by atoms with Crippen molar-refractivity contribution >= 4 is 0 Å². The quantitative estimate of drug-likeness (QED) is 0.656. The average Bonchev–Trinajstić information content (AvgIpc) is 2.45. The maximum Gasteiger partial charge on any atom is 0.115 e. The number of unbranched alkanes of at least 4 members (excludes halogenated alkanes) is 3. The summed E-state index contributed by atoms with van der Waals surface area (Å²) in [6.45, 7) is 2.28. The van der Waals surface area contributed by atoms with Gasteiger partial charge >= 0.3 is 0 Å². The van der Waals surface area contributed by atoms with E-state index in [-0.39, 0.29) is 0 Å². The number of aromatic hydroxyl groups is 1. The average molecular weight is 260 g/mol. The lowest BCUT2D eigenvalue weighted by Gasteiger charge is -2.28. The van der Waals surface area contributed by atoms with Crippen LogP contribution >= 0.6 is 0 Å². The highest BCUT2D eigenvalue weighted by molar-refractivity contribution is 5.28. The van der Waals surface area contributed by atoms with Gasteiger partial charge in [0.25, 0.3) is 0 Å². The van der Waals surface area contributed by atoms with E-state index in [0.29, 0.717) is 5.75 Å². The highest BCUT2D eigenvalue weighted by Crippen LogP contribution is 2.38. The summed E-state index contributed by atoms with van der Waals surface area (Å²) in [6.07, 6.45) is 12.5. The van der Waals surface area contributed by atoms with Gasteiger partial charge in [-0.25, -0.2) is 0 Å². The van der Waals surface area contributed by atoms with Crippen LogP contribution in [-0.4, -0.2) is 5.11 Å². The third-order valence-corrected chi connectivity index (χ3v) is 4.68. The van der Waals surface area contributed by atoms with E-state index in [4.69, 9.17) is 0 Å². The number of phenols is 1. The Bertz CT molecular complexity index is 346. The predicted molar refractivity (Wildman–Crippen MR) is 81.6 cm³/mol. The van der Waals surface area contributed by atoms with Crippen molar-refractivity contribution < 1.29 is 5.11 Å². The third-order valence-electron chi connectivity index (χ3n) is 4.68. The molecule has 1 saturated carbocycles. The lowest BCUT2D eigenvalue weighted by atomic mass is 9.77. The van der Waals surface area contributed by atoms with Crippen molar-refractivity contribution in [2.24, 2.45) is 5.92 Å². The SMILES string of the molecule is CCCCCCC1CCC(c2ccc(O)cc2)CC1. The summed E-state index contributed by atoms with van der Waals surface area (Å²) in [5.41, 5.74) is 1.42. The molecule has 0 saturated heterocycles. The van der Waals surface area contributed by atoms with Crippen molar-refractivity contribution in [2.75, 3.05) is 0 Å². The van der Waals surface area contributed by atoms with Gasteiger partial charge in [0, 0.05) is 0 Å². The highest BCUT2D eigenvalue weighted by atomic mass is 16.3. The summed E-state index contributed by atoms with van der Waals surface area (Å²) in [5, 5.41) is 9.34. The van der Waals surface area contributed by atoms with Crippen LogP contribution < -0.4 is 0 Å². The van der Waals surface area contributed by atoms with Crippen LogP contribution in [-0.2, 0) is 0 Å². The highest BCUT2D eigenvalue weighted by Gasteiger charge is 2.21. The number of phenolic OH excluding ortho intramolecular Hbond substituents is 1.